The quantitative estimate of drug-likeness (QED) is 0.751. The van der Waals surface area contributed by atoms with Crippen molar-refractivity contribution in [2.24, 2.45) is 0 Å². The molecule has 0 radical (unpaired) electrons. The zero-order valence-corrected chi connectivity index (χ0v) is 14.3. The highest BCUT2D eigenvalue weighted by Gasteiger charge is 2.17. The Hall–Kier alpha value is -3.48. The monoisotopic (exact) mass is 351 g/mol. The predicted octanol–water partition coefficient (Wildman–Crippen LogP) is 2.35. The summed E-state index contributed by atoms with van der Waals surface area (Å²) in [7, 11) is 0. The first kappa shape index (κ1) is 17.3. The zero-order valence-electron chi connectivity index (χ0n) is 14.3. The third-order valence-corrected chi connectivity index (χ3v) is 3.87. The third kappa shape index (κ3) is 3.46. The van der Waals surface area contributed by atoms with E-state index in [-0.39, 0.29) is 23.0 Å². The summed E-state index contributed by atoms with van der Waals surface area (Å²) in [6.45, 7) is 3.45. The number of fused-ring (bicyclic) bond motifs is 1. The van der Waals surface area contributed by atoms with Gasteiger partial charge in [-0.15, -0.1) is 0 Å². The topological polar surface area (TPSA) is 101 Å². The fraction of sp³-hybridized carbons (Fsp3) is 0.158. The number of carboxylic acids is 1. The lowest BCUT2D eigenvalue weighted by molar-refractivity contribution is -0.117. The molecular formula is C19H17N3O4. The van der Waals surface area contributed by atoms with E-state index in [2.05, 4.69) is 10.4 Å². The molecule has 26 heavy (non-hydrogen) atoms. The van der Waals surface area contributed by atoms with Gasteiger partial charge in [-0.3, -0.25) is 9.59 Å². The Morgan fingerprint density at radius 1 is 1.08 bits per heavy atom. The van der Waals surface area contributed by atoms with Crippen molar-refractivity contribution in [2.45, 2.75) is 20.4 Å². The molecule has 0 aliphatic heterocycles. The Morgan fingerprint density at radius 2 is 1.69 bits per heavy atom. The molecule has 2 aromatic carbocycles. The summed E-state index contributed by atoms with van der Waals surface area (Å²) in [4.78, 5) is 36.3. The van der Waals surface area contributed by atoms with Crippen molar-refractivity contribution >= 4 is 28.3 Å². The van der Waals surface area contributed by atoms with Crippen molar-refractivity contribution in [1.82, 2.24) is 9.78 Å². The molecule has 0 atom stereocenters. The molecular weight excluding hydrogens is 334 g/mol. The number of aromatic nitrogens is 2. The number of carbonyl (C=O) groups is 2. The molecule has 0 bridgehead atoms. The number of rotatable bonds is 4. The van der Waals surface area contributed by atoms with Gasteiger partial charge in [0.1, 0.15) is 6.54 Å². The lowest BCUT2D eigenvalue weighted by atomic mass is 10.1. The second-order valence-corrected chi connectivity index (χ2v) is 6.09. The van der Waals surface area contributed by atoms with Crippen LogP contribution < -0.4 is 10.9 Å². The number of nitrogens with zero attached hydrogens (tertiary/aromatic N) is 2. The van der Waals surface area contributed by atoms with E-state index in [1.54, 1.807) is 12.1 Å². The molecule has 0 aliphatic carbocycles. The van der Waals surface area contributed by atoms with Crippen molar-refractivity contribution in [3.8, 4) is 0 Å². The second-order valence-electron chi connectivity index (χ2n) is 6.09. The highest BCUT2D eigenvalue weighted by molar-refractivity contribution is 6.01. The highest BCUT2D eigenvalue weighted by atomic mass is 16.4. The van der Waals surface area contributed by atoms with E-state index < -0.39 is 17.4 Å². The summed E-state index contributed by atoms with van der Waals surface area (Å²) in [5.41, 5.74) is 1.82. The second kappa shape index (κ2) is 6.79. The molecule has 132 valence electrons. The van der Waals surface area contributed by atoms with Gasteiger partial charge in [-0.05, 0) is 43.2 Å². The van der Waals surface area contributed by atoms with Crippen LogP contribution >= 0.6 is 0 Å². The van der Waals surface area contributed by atoms with Gasteiger partial charge in [-0.1, -0.05) is 24.3 Å². The van der Waals surface area contributed by atoms with E-state index >= 15 is 0 Å². The maximum absolute atomic E-state index is 12.5. The largest absolute Gasteiger partial charge is 0.476 e. The first-order valence-corrected chi connectivity index (χ1v) is 7.96. The van der Waals surface area contributed by atoms with Crippen LogP contribution in [0, 0.1) is 13.8 Å². The Kier molecular flexibility index (Phi) is 4.53. The number of aryl methyl sites for hydroxylation is 2. The van der Waals surface area contributed by atoms with Crippen LogP contribution in [0.25, 0.3) is 10.8 Å². The molecule has 0 saturated heterocycles. The van der Waals surface area contributed by atoms with Gasteiger partial charge in [0.2, 0.25) is 5.91 Å². The Morgan fingerprint density at radius 3 is 2.31 bits per heavy atom. The van der Waals surface area contributed by atoms with Crippen LogP contribution in [-0.2, 0) is 11.3 Å². The van der Waals surface area contributed by atoms with Crippen molar-refractivity contribution < 1.29 is 14.7 Å². The predicted molar refractivity (Wildman–Crippen MR) is 97.5 cm³/mol. The van der Waals surface area contributed by atoms with Crippen LogP contribution in [-0.4, -0.2) is 26.8 Å². The maximum atomic E-state index is 12.5. The first-order chi connectivity index (χ1) is 12.3. The van der Waals surface area contributed by atoms with Crippen LogP contribution in [0.2, 0.25) is 0 Å². The molecule has 1 aromatic heterocycles. The lowest BCUT2D eigenvalue weighted by Crippen LogP contribution is -2.31. The fourth-order valence-corrected chi connectivity index (χ4v) is 2.88. The molecule has 7 nitrogen and oxygen atoms in total. The van der Waals surface area contributed by atoms with Crippen molar-refractivity contribution in [3.63, 3.8) is 0 Å². The number of benzene rings is 2. The molecule has 2 N–H and O–H groups in total. The summed E-state index contributed by atoms with van der Waals surface area (Å²) < 4.78 is 0.879. The number of hydrogen-bond donors (Lipinski definition) is 2. The number of carbonyl (C=O) groups excluding carboxylic acids is 1. The van der Waals surface area contributed by atoms with Crippen LogP contribution in [0.4, 0.5) is 5.69 Å². The Labute approximate surface area is 148 Å². The van der Waals surface area contributed by atoms with Crippen LogP contribution in [0.1, 0.15) is 21.6 Å². The molecule has 1 amide bonds. The average molecular weight is 351 g/mol. The zero-order chi connectivity index (χ0) is 18.8. The number of nitrogens with one attached hydrogen (secondary N) is 1. The van der Waals surface area contributed by atoms with Gasteiger partial charge in [0, 0.05) is 11.1 Å². The van der Waals surface area contributed by atoms with E-state index in [0.29, 0.717) is 5.69 Å². The fourth-order valence-electron chi connectivity index (χ4n) is 2.88. The summed E-state index contributed by atoms with van der Waals surface area (Å²) in [5, 5.41) is 16.4. The van der Waals surface area contributed by atoms with Crippen LogP contribution in [0.3, 0.4) is 0 Å². The van der Waals surface area contributed by atoms with Gasteiger partial charge in [0.05, 0.1) is 5.39 Å². The van der Waals surface area contributed by atoms with Gasteiger partial charge in [0.15, 0.2) is 5.69 Å². The van der Waals surface area contributed by atoms with Gasteiger partial charge in [0.25, 0.3) is 5.56 Å². The summed E-state index contributed by atoms with van der Waals surface area (Å²) >= 11 is 0. The smallest absolute Gasteiger partial charge is 0.357 e. The molecule has 0 aliphatic rings. The first-order valence-electron chi connectivity index (χ1n) is 7.96. The minimum atomic E-state index is -1.26. The molecule has 0 spiro atoms. The maximum Gasteiger partial charge on any atom is 0.357 e. The molecule has 3 aromatic rings. The molecule has 1 heterocycles. The number of amides is 1. The SMILES string of the molecule is Cc1cc(C)cc(NC(=O)Cn2nc(C(=O)O)c3ccccc3c2=O)c1. The number of anilines is 1. The normalized spacial score (nSPS) is 10.7. The number of aromatic carboxylic acids is 1. The number of carboxylic acid groups (broad SMARTS) is 1. The van der Waals surface area contributed by atoms with Crippen molar-refractivity contribution in [1.29, 1.82) is 0 Å². The van der Waals surface area contributed by atoms with Gasteiger partial charge in [-0.25, -0.2) is 9.48 Å². The Bertz CT molecular complexity index is 1070. The highest BCUT2D eigenvalue weighted by Crippen LogP contribution is 2.15. The Balaban J connectivity index is 1.95. The third-order valence-electron chi connectivity index (χ3n) is 3.87. The summed E-state index contributed by atoms with van der Waals surface area (Å²) in [6, 6.07) is 11.9. The summed E-state index contributed by atoms with van der Waals surface area (Å²) in [5.74, 6) is -1.72. The standard InChI is InChI=1S/C19H17N3O4/c1-11-7-12(2)9-13(8-11)20-16(23)10-22-18(24)15-6-4-3-5-14(15)17(21-22)19(25)26/h3-9H,10H2,1-2H3,(H,20,23)(H,25,26). The lowest BCUT2D eigenvalue weighted by Gasteiger charge is -2.10. The molecule has 0 saturated carbocycles. The van der Waals surface area contributed by atoms with Crippen LogP contribution in [0.5, 0.6) is 0 Å². The van der Waals surface area contributed by atoms with E-state index in [1.807, 2.05) is 32.0 Å². The van der Waals surface area contributed by atoms with E-state index in [0.717, 1.165) is 15.8 Å². The molecule has 7 heteroatoms. The minimum Gasteiger partial charge on any atom is -0.476 e. The van der Waals surface area contributed by atoms with Crippen molar-refractivity contribution in [2.75, 3.05) is 5.32 Å². The van der Waals surface area contributed by atoms with Gasteiger partial charge in [-0.2, -0.15) is 5.10 Å². The number of hydrogen-bond acceptors (Lipinski definition) is 4. The van der Waals surface area contributed by atoms with Gasteiger partial charge >= 0.3 is 5.97 Å². The van der Waals surface area contributed by atoms with E-state index in [9.17, 15) is 19.5 Å². The molecule has 3 rings (SSSR count). The molecule has 0 unspecified atom stereocenters. The molecule has 0 fully saturated rings. The van der Waals surface area contributed by atoms with E-state index in [1.165, 1.54) is 12.1 Å². The summed E-state index contributed by atoms with van der Waals surface area (Å²) in [6.07, 6.45) is 0. The van der Waals surface area contributed by atoms with Crippen molar-refractivity contribution in [3.05, 3.63) is 69.6 Å². The van der Waals surface area contributed by atoms with Gasteiger partial charge < -0.3 is 10.4 Å². The van der Waals surface area contributed by atoms with E-state index in [4.69, 9.17) is 0 Å². The van der Waals surface area contributed by atoms with Crippen LogP contribution in [0.15, 0.2) is 47.3 Å². The minimum absolute atomic E-state index is 0.208. The average Bonchev–Trinajstić information content (AvgIpc) is 2.56.